The van der Waals surface area contributed by atoms with E-state index in [4.69, 9.17) is 30.6 Å². The van der Waals surface area contributed by atoms with E-state index in [1.165, 1.54) is 19.2 Å². The zero-order valence-electron chi connectivity index (χ0n) is 32.6. The Morgan fingerprint density at radius 3 is 2.07 bits per heavy atom. The number of hydrogen-bond donors (Lipinski definition) is 2. The van der Waals surface area contributed by atoms with Gasteiger partial charge in [0.15, 0.2) is 16.9 Å². The molecular formula is C39H44ClN5O10S2. The molecule has 0 spiro atoms. The third-order valence-electron chi connectivity index (χ3n) is 8.10. The van der Waals surface area contributed by atoms with Crippen molar-refractivity contribution >= 4 is 74.4 Å². The summed E-state index contributed by atoms with van der Waals surface area (Å²) in [5, 5.41) is 9.29. The highest BCUT2D eigenvalue weighted by atomic mass is 35.5. The Hall–Kier alpha value is -5.13. The maximum atomic E-state index is 14.0. The van der Waals surface area contributed by atoms with E-state index in [-0.39, 0.29) is 33.7 Å². The van der Waals surface area contributed by atoms with Crippen molar-refractivity contribution in [2.75, 3.05) is 16.9 Å². The van der Waals surface area contributed by atoms with Crippen LogP contribution in [0.15, 0.2) is 82.5 Å². The van der Waals surface area contributed by atoms with Crippen LogP contribution < -0.4 is 10.6 Å². The highest BCUT2D eigenvalue weighted by molar-refractivity contribution is 7.86. The van der Waals surface area contributed by atoms with Gasteiger partial charge >= 0.3 is 18.0 Å². The maximum Gasteiger partial charge on any atom is 0.413 e. The number of thiazole rings is 1. The molecule has 0 aliphatic carbocycles. The molecule has 0 saturated carbocycles. The average molecular weight is 842 g/mol. The molecule has 1 unspecified atom stereocenters. The van der Waals surface area contributed by atoms with Gasteiger partial charge in [0.1, 0.15) is 34.0 Å². The van der Waals surface area contributed by atoms with Gasteiger partial charge in [-0.2, -0.15) is 0 Å². The Balaban J connectivity index is 1.42. The number of esters is 2. The highest BCUT2D eigenvalue weighted by Crippen LogP contribution is 2.37. The van der Waals surface area contributed by atoms with Crippen LogP contribution >= 0.6 is 22.9 Å². The molecule has 1 saturated heterocycles. The molecule has 1 fully saturated rings. The molecule has 5 rings (SSSR count). The number of benzene rings is 2. The van der Waals surface area contributed by atoms with Crippen molar-refractivity contribution in [2.24, 2.45) is 5.16 Å². The molecular weight excluding hydrogens is 798 g/mol. The number of nitrogens with zero attached hydrogens (tertiary/aromatic N) is 3. The first kappa shape index (κ1) is 43.0. The number of ether oxygens (including phenoxy) is 3. The third-order valence-corrected chi connectivity index (χ3v) is 10.8. The van der Waals surface area contributed by atoms with Gasteiger partial charge in [0, 0.05) is 11.3 Å². The zero-order chi connectivity index (χ0) is 41.9. The number of nitrogens with one attached hydrogen (secondary N) is 2. The molecule has 2 aromatic carbocycles. The van der Waals surface area contributed by atoms with E-state index in [0.717, 1.165) is 16.2 Å². The molecule has 15 nitrogen and oxygen atoms in total. The number of halogens is 1. The van der Waals surface area contributed by atoms with E-state index >= 15 is 0 Å². The van der Waals surface area contributed by atoms with Crippen LogP contribution in [0.25, 0.3) is 0 Å². The lowest BCUT2D eigenvalue weighted by atomic mass is 10.0. The predicted molar refractivity (Wildman–Crippen MR) is 214 cm³/mol. The van der Waals surface area contributed by atoms with Gasteiger partial charge in [-0.15, -0.1) is 22.9 Å². The second-order valence-electron chi connectivity index (χ2n) is 15.5. The molecule has 3 atom stereocenters. The van der Waals surface area contributed by atoms with Crippen LogP contribution in [-0.2, 0) is 49.0 Å². The van der Waals surface area contributed by atoms with Crippen molar-refractivity contribution in [3.8, 4) is 0 Å². The minimum Gasteiger partial charge on any atom is -0.457 e. The molecule has 3 aromatic rings. The Morgan fingerprint density at radius 2 is 1.53 bits per heavy atom. The SMILES string of the molecule is CC(C)(C)OC(=O)Nc1nc(/C(=N\OC(C)(C)C(=O)OC(C)(C)C)C(=O)N[C@@H]2C(=O)N3C(C(=O)OC(c4ccccc4)c4ccccc4)=C(CCl)CS(=O)[C@H]23)cs1. The van der Waals surface area contributed by atoms with Gasteiger partial charge in [-0.1, -0.05) is 65.8 Å². The quantitative estimate of drug-likeness (QED) is 0.0579. The summed E-state index contributed by atoms with van der Waals surface area (Å²) in [6.45, 7) is 12.8. The predicted octanol–water partition coefficient (Wildman–Crippen LogP) is 5.57. The number of anilines is 1. The Kier molecular flexibility index (Phi) is 12.9. The Bertz CT molecular complexity index is 2070. The fraction of sp³-hybridized carbons (Fsp3) is 0.410. The van der Waals surface area contributed by atoms with E-state index < -0.39 is 80.7 Å². The number of alkyl halides is 1. The summed E-state index contributed by atoms with van der Waals surface area (Å²) in [6, 6.07) is 16.7. The van der Waals surface area contributed by atoms with Crippen LogP contribution in [-0.4, -0.2) is 89.5 Å². The number of carbonyl (C=O) groups excluding carboxylic acids is 5. The minimum absolute atomic E-state index is 0.0386. The summed E-state index contributed by atoms with van der Waals surface area (Å²) in [5.74, 6) is -3.78. The fourth-order valence-corrected chi connectivity index (χ4v) is 8.23. The van der Waals surface area contributed by atoms with Gasteiger partial charge in [-0.3, -0.25) is 24.0 Å². The Labute approximate surface area is 341 Å². The van der Waals surface area contributed by atoms with E-state index in [0.29, 0.717) is 11.1 Å². The normalized spacial score (nSPS) is 18.6. The van der Waals surface area contributed by atoms with Gasteiger partial charge in [0.2, 0.25) is 5.60 Å². The average Bonchev–Trinajstić information content (AvgIpc) is 3.58. The maximum absolute atomic E-state index is 14.0. The molecule has 2 N–H and O–H groups in total. The van der Waals surface area contributed by atoms with Gasteiger partial charge in [0.25, 0.3) is 11.8 Å². The number of β-lactam (4-membered cyclic amide) rings is 1. The largest absolute Gasteiger partial charge is 0.457 e. The third kappa shape index (κ3) is 10.4. The highest BCUT2D eigenvalue weighted by Gasteiger charge is 2.57. The lowest BCUT2D eigenvalue weighted by Gasteiger charge is -2.49. The smallest absolute Gasteiger partial charge is 0.413 e. The van der Waals surface area contributed by atoms with Crippen LogP contribution in [0.3, 0.4) is 0 Å². The van der Waals surface area contributed by atoms with E-state index in [2.05, 4.69) is 20.8 Å². The molecule has 3 amide bonds. The van der Waals surface area contributed by atoms with Crippen LogP contribution in [0.1, 0.15) is 78.3 Å². The number of rotatable bonds is 12. The second kappa shape index (κ2) is 17.2. The van der Waals surface area contributed by atoms with Crippen molar-refractivity contribution in [1.29, 1.82) is 0 Å². The number of carbonyl (C=O) groups is 5. The molecule has 2 aliphatic rings. The zero-order valence-corrected chi connectivity index (χ0v) is 35.0. The number of amides is 3. The molecule has 0 radical (unpaired) electrons. The summed E-state index contributed by atoms with van der Waals surface area (Å²) in [7, 11) is -1.82. The van der Waals surface area contributed by atoms with Crippen LogP contribution in [0, 0.1) is 0 Å². The van der Waals surface area contributed by atoms with Crippen LogP contribution in [0.5, 0.6) is 0 Å². The first-order valence-electron chi connectivity index (χ1n) is 17.7. The van der Waals surface area contributed by atoms with Gasteiger partial charge in [-0.05, 0) is 72.1 Å². The standard InChI is InChI=1S/C39H44ClN5O10S2/c1-37(2,3)53-34(49)39(7,8)55-44-26(25-20-56-35(41-25)43-36(50)54-38(4,5)6)30(46)42-27-31(47)45-28(24(19-40)21-57(51)32(27)45)33(48)52-29(22-15-11-9-12-16-22)23-17-13-10-14-18-23/h9-18,20,27,29,32H,19,21H2,1-8H3,(H,42,46)(H,41,43,50)/b44-26+/t27-,32-,57?/m1/s1. The molecule has 0 bridgehead atoms. The summed E-state index contributed by atoms with van der Waals surface area (Å²) in [5.41, 5.74) is -2.52. The van der Waals surface area contributed by atoms with Crippen molar-refractivity contribution in [3.05, 3.63) is 94.1 Å². The number of aromatic nitrogens is 1. The lowest BCUT2D eigenvalue weighted by Crippen LogP contribution is -2.74. The summed E-state index contributed by atoms with van der Waals surface area (Å²) in [6.07, 6.45) is -1.65. The molecule has 2 aliphatic heterocycles. The fourth-order valence-electron chi connectivity index (χ4n) is 5.53. The first-order valence-corrected chi connectivity index (χ1v) is 20.5. The van der Waals surface area contributed by atoms with E-state index in [9.17, 15) is 28.2 Å². The van der Waals surface area contributed by atoms with E-state index in [1.54, 1.807) is 90.1 Å². The summed E-state index contributed by atoms with van der Waals surface area (Å²) >= 11 is 7.19. The molecule has 1 aromatic heterocycles. The number of hydrogen-bond acceptors (Lipinski definition) is 13. The monoisotopic (exact) mass is 841 g/mol. The number of fused-ring (bicyclic) bond motifs is 1. The van der Waals surface area contributed by atoms with Gasteiger partial charge in [0.05, 0.1) is 16.6 Å². The first-order chi connectivity index (χ1) is 26.7. The van der Waals surface area contributed by atoms with Crippen LogP contribution in [0.4, 0.5) is 9.93 Å². The van der Waals surface area contributed by atoms with E-state index in [1.807, 2.05) is 12.1 Å². The molecule has 57 heavy (non-hydrogen) atoms. The van der Waals surface area contributed by atoms with Crippen molar-refractivity contribution in [1.82, 2.24) is 15.2 Å². The summed E-state index contributed by atoms with van der Waals surface area (Å²) < 4.78 is 30.4. The van der Waals surface area contributed by atoms with Crippen molar-refractivity contribution < 1.29 is 47.2 Å². The minimum atomic E-state index is -1.82. The van der Waals surface area contributed by atoms with Crippen molar-refractivity contribution in [3.63, 3.8) is 0 Å². The molecule has 304 valence electrons. The molecule has 18 heteroatoms. The Morgan fingerprint density at radius 1 is 0.947 bits per heavy atom. The molecule has 3 heterocycles. The van der Waals surface area contributed by atoms with Crippen LogP contribution in [0.2, 0.25) is 0 Å². The summed E-state index contributed by atoms with van der Waals surface area (Å²) in [4.78, 5) is 78.2. The van der Waals surface area contributed by atoms with Gasteiger partial charge in [-0.25, -0.2) is 19.4 Å². The lowest BCUT2D eigenvalue weighted by molar-refractivity contribution is -0.179. The number of oxime groups is 1. The topological polar surface area (TPSA) is 192 Å². The second-order valence-corrected chi connectivity index (χ2v) is 18.1. The van der Waals surface area contributed by atoms with Crippen molar-refractivity contribution in [2.45, 2.75) is 89.7 Å². The van der Waals surface area contributed by atoms with Gasteiger partial charge < -0.3 is 24.4 Å².